The first-order valence-corrected chi connectivity index (χ1v) is 7.05. The van der Waals surface area contributed by atoms with Crippen molar-refractivity contribution in [1.82, 2.24) is 0 Å². The number of benzene rings is 2. The molecule has 1 amide bonds. The van der Waals surface area contributed by atoms with Crippen molar-refractivity contribution >= 4 is 17.3 Å². The number of anilines is 2. The van der Waals surface area contributed by atoms with Crippen molar-refractivity contribution < 1.29 is 4.79 Å². The maximum atomic E-state index is 12.6. The highest BCUT2D eigenvalue weighted by Crippen LogP contribution is 2.44. The molecule has 0 spiro atoms. The highest BCUT2D eigenvalue weighted by atomic mass is 16.2. The topological polar surface area (TPSA) is 46.3 Å². The molecule has 100 valence electrons. The molecule has 3 heteroatoms. The fourth-order valence-corrected chi connectivity index (χ4v) is 3.41. The molecule has 2 aliphatic rings. The van der Waals surface area contributed by atoms with Gasteiger partial charge in [0.15, 0.2) is 0 Å². The van der Waals surface area contributed by atoms with E-state index in [4.69, 9.17) is 5.73 Å². The zero-order chi connectivity index (χ0) is 13.7. The molecule has 3 nitrogen and oxygen atoms in total. The Morgan fingerprint density at radius 2 is 1.90 bits per heavy atom. The van der Waals surface area contributed by atoms with Gasteiger partial charge < -0.3 is 10.6 Å². The molecular weight excluding hydrogens is 248 g/mol. The van der Waals surface area contributed by atoms with E-state index in [2.05, 4.69) is 12.1 Å². The van der Waals surface area contributed by atoms with Gasteiger partial charge in [-0.25, -0.2) is 0 Å². The lowest BCUT2D eigenvalue weighted by Gasteiger charge is -2.30. The maximum Gasteiger partial charge on any atom is 0.231 e. The fourth-order valence-electron chi connectivity index (χ4n) is 3.41. The van der Waals surface area contributed by atoms with Crippen LogP contribution < -0.4 is 10.6 Å². The summed E-state index contributed by atoms with van der Waals surface area (Å²) in [5.74, 6) is 0.183. The number of amides is 1. The molecule has 20 heavy (non-hydrogen) atoms. The third kappa shape index (κ3) is 1.49. The molecule has 0 aromatic heterocycles. The minimum Gasteiger partial charge on any atom is -0.398 e. The summed E-state index contributed by atoms with van der Waals surface area (Å²) >= 11 is 0. The summed E-state index contributed by atoms with van der Waals surface area (Å²) in [5.41, 5.74) is 12.5. The second-order valence-electron chi connectivity index (χ2n) is 5.52. The molecule has 2 aliphatic heterocycles. The smallest absolute Gasteiger partial charge is 0.231 e. The summed E-state index contributed by atoms with van der Waals surface area (Å²) in [4.78, 5) is 14.5. The van der Waals surface area contributed by atoms with Gasteiger partial charge in [-0.05, 0) is 35.6 Å². The Balaban J connectivity index is 2.11. The standard InChI is InChI=1S/C17H16N2O/c18-14-8-7-11-5-3-9-19-15(20)10-12-4-1-2-6-13(12)16(14)17(11)19/h1-2,4,6-8H,3,5,9-10,18H2. The average Bonchev–Trinajstić information content (AvgIpc) is 2.59. The molecule has 0 bridgehead atoms. The lowest BCUT2D eigenvalue weighted by Crippen LogP contribution is -2.36. The van der Waals surface area contributed by atoms with E-state index in [-0.39, 0.29) is 5.91 Å². The number of nitrogens with two attached hydrogens (primary N) is 1. The monoisotopic (exact) mass is 264 g/mol. The Hall–Kier alpha value is -2.29. The predicted octanol–water partition coefficient (Wildman–Crippen LogP) is 2.77. The van der Waals surface area contributed by atoms with Crippen LogP contribution in [-0.2, 0) is 17.6 Å². The van der Waals surface area contributed by atoms with Crippen LogP contribution in [0.4, 0.5) is 11.4 Å². The van der Waals surface area contributed by atoms with E-state index in [0.717, 1.165) is 47.5 Å². The van der Waals surface area contributed by atoms with Crippen LogP contribution in [0.2, 0.25) is 0 Å². The fraction of sp³-hybridized carbons (Fsp3) is 0.235. The lowest BCUT2D eigenvalue weighted by molar-refractivity contribution is -0.118. The average molecular weight is 264 g/mol. The van der Waals surface area contributed by atoms with Crippen molar-refractivity contribution in [2.45, 2.75) is 19.3 Å². The summed E-state index contributed by atoms with van der Waals surface area (Å²) < 4.78 is 0. The van der Waals surface area contributed by atoms with Crippen molar-refractivity contribution in [2.75, 3.05) is 17.2 Å². The molecule has 4 rings (SSSR count). The van der Waals surface area contributed by atoms with E-state index in [1.165, 1.54) is 5.56 Å². The summed E-state index contributed by atoms with van der Waals surface area (Å²) in [7, 11) is 0. The molecule has 2 heterocycles. The number of aryl methyl sites for hydroxylation is 1. The molecule has 0 fully saturated rings. The summed E-state index contributed by atoms with van der Waals surface area (Å²) in [5, 5.41) is 0. The largest absolute Gasteiger partial charge is 0.398 e. The van der Waals surface area contributed by atoms with E-state index >= 15 is 0 Å². The van der Waals surface area contributed by atoms with Gasteiger partial charge in [-0.15, -0.1) is 0 Å². The molecule has 2 aromatic rings. The first-order valence-electron chi connectivity index (χ1n) is 7.05. The molecule has 2 aromatic carbocycles. The van der Waals surface area contributed by atoms with Crippen LogP contribution in [0.1, 0.15) is 17.5 Å². The van der Waals surface area contributed by atoms with Crippen LogP contribution in [-0.4, -0.2) is 12.5 Å². The second-order valence-corrected chi connectivity index (χ2v) is 5.52. The number of hydrogen-bond acceptors (Lipinski definition) is 2. The molecule has 0 saturated heterocycles. The van der Waals surface area contributed by atoms with Crippen LogP contribution in [0, 0.1) is 0 Å². The second kappa shape index (κ2) is 4.10. The number of nitrogens with zero attached hydrogens (tertiary/aromatic N) is 1. The lowest BCUT2D eigenvalue weighted by atomic mass is 9.92. The van der Waals surface area contributed by atoms with Gasteiger partial charge >= 0.3 is 0 Å². The van der Waals surface area contributed by atoms with Gasteiger partial charge in [-0.1, -0.05) is 30.3 Å². The summed E-state index contributed by atoms with van der Waals surface area (Å²) in [6, 6.07) is 12.2. The van der Waals surface area contributed by atoms with Crippen molar-refractivity contribution in [3.05, 3.63) is 47.5 Å². The highest BCUT2D eigenvalue weighted by Gasteiger charge is 2.31. The van der Waals surface area contributed by atoms with Gasteiger partial charge in [0.2, 0.25) is 5.91 Å². The van der Waals surface area contributed by atoms with Gasteiger partial charge in [0.25, 0.3) is 0 Å². The zero-order valence-electron chi connectivity index (χ0n) is 11.2. The zero-order valence-corrected chi connectivity index (χ0v) is 11.2. The highest BCUT2D eigenvalue weighted by molar-refractivity contribution is 6.06. The molecular formula is C17H16N2O. The normalized spacial score (nSPS) is 16.4. The van der Waals surface area contributed by atoms with Gasteiger partial charge in [0.05, 0.1) is 12.1 Å². The molecule has 0 aliphatic carbocycles. The summed E-state index contributed by atoms with van der Waals surface area (Å²) in [6.07, 6.45) is 2.51. The van der Waals surface area contributed by atoms with Crippen molar-refractivity contribution in [3.63, 3.8) is 0 Å². The third-order valence-corrected chi connectivity index (χ3v) is 4.32. The Labute approximate surface area is 118 Å². The minimum absolute atomic E-state index is 0.183. The Bertz CT molecular complexity index is 721. The number of nitrogen functional groups attached to an aromatic ring is 1. The number of carbonyl (C=O) groups excluding carboxylic acids is 1. The van der Waals surface area contributed by atoms with E-state index in [1.54, 1.807) is 0 Å². The van der Waals surface area contributed by atoms with E-state index < -0.39 is 0 Å². The van der Waals surface area contributed by atoms with E-state index in [9.17, 15) is 4.79 Å². The first kappa shape index (κ1) is 11.5. The third-order valence-electron chi connectivity index (χ3n) is 4.32. The van der Waals surface area contributed by atoms with Crippen molar-refractivity contribution in [1.29, 1.82) is 0 Å². The number of fused-ring (bicyclic) bond motifs is 2. The van der Waals surface area contributed by atoms with Crippen LogP contribution in [0.3, 0.4) is 0 Å². The van der Waals surface area contributed by atoms with Crippen molar-refractivity contribution in [3.8, 4) is 11.1 Å². The number of hydrogen-bond donors (Lipinski definition) is 1. The first-order chi connectivity index (χ1) is 9.75. The van der Waals surface area contributed by atoms with E-state index in [0.29, 0.717) is 6.42 Å². The van der Waals surface area contributed by atoms with Gasteiger partial charge in [-0.3, -0.25) is 4.79 Å². The molecule has 0 unspecified atom stereocenters. The van der Waals surface area contributed by atoms with Gasteiger partial charge in [0.1, 0.15) is 0 Å². The van der Waals surface area contributed by atoms with Gasteiger partial charge in [0, 0.05) is 17.8 Å². The van der Waals surface area contributed by atoms with Gasteiger partial charge in [-0.2, -0.15) is 0 Å². The van der Waals surface area contributed by atoms with Crippen LogP contribution in [0.15, 0.2) is 36.4 Å². The molecule has 0 radical (unpaired) electrons. The summed E-state index contributed by atoms with van der Waals surface area (Å²) in [6.45, 7) is 0.802. The maximum absolute atomic E-state index is 12.6. The Morgan fingerprint density at radius 3 is 2.80 bits per heavy atom. The molecule has 2 N–H and O–H groups in total. The Kier molecular flexibility index (Phi) is 2.36. The predicted molar refractivity (Wildman–Crippen MR) is 80.7 cm³/mol. The number of rotatable bonds is 0. The van der Waals surface area contributed by atoms with Crippen molar-refractivity contribution in [2.24, 2.45) is 0 Å². The van der Waals surface area contributed by atoms with Crippen LogP contribution in [0.5, 0.6) is 0 Å². The minimum atomic E-state index is 0.183. The number of carbonyl (C=O) groups is 1. The quantitative estimate of drug-likeness (QED) is 0.744. The SMILES string of the molecule is Nc1ccc2c3c1-c1ccccc1CC(=O)N3CCC2. The van der Waals surface area contributed by atoms with E-state index in [1.807, 2.05) is 29.2 Å². The molecule has 0 atom stereocenters. The molecule has 0 saturated carbocycles. The Morgan fingerprint density at radius 1 is 1.05 bits per heavy atom. The van der Waals surface area contributed by atoms with Crippen LogP contribution in [0.25, 0.3) is 11.1 Å². The van der Waals surface area contributed by atoms with Crippen LogP contribution >= 0.6 is 0 Å².